The number of hydrogen-bond acceptors (Lipinski definition) is 3. The minimum absolute atomic E-state index is 0.361. The lowest BCUT2D eigenvalue weighted by molar-refractivity contribution is 0.0989. The van der Waals surface area contributed by atoms with Crippen LogP contribution in [0.25, 0.3) is 0 Å². The van der Waals surface area contributed by atoms with Crippen molar-refractivity contribution in [2.24, 2.45) is 5.73 Å². The summed E-state index contributed by atoms with van der Waals surface area (Å²) in [6.45, 7) is 5.22. The zero-order valence-corrected chi connectivity index (χ0v) is 10.9. The monoisotopic (exact) mass is 254 g/mol. The summed E-state index contributed by atoms with van der Waals surface area (Å²) in [6, 6.07) is 6.40. The second-order valence-corrected chi connectivity index (χ2v) is 4.81. The molecule has 0 aromatic heterocycles. The highest BCUT2D eigenvalue weighted by Crippen LogP contribution is 2.32. The van der Waals surface area contributed by atoms with Gasteiger partial charge in [0, 0.05) is 12.6 Å². The SMILES string of the molecule is CC1COCCN1c1c(Cl)cccc1CCN. The summed E-state index contributed by atoms with van der Waals surface area (Å²) < 4.78 is 5.46. The Hall–Kier alpha value is -0.770. The highest BCUT2D eigenvalue weighted by molar-refractivity contribution is 6.33. The van der Waals surface area contributed by atoms with E-state index < -0.39 is 0 Å². The Morgan fingerprint density at radius 3 is 3.06 bits per heavy atom. The maximum atomic E-state index is 6.34. The van der Waals surface area contributed by atoms with Crippen molar-refractivity contribution < 1.29 is 4.74 Å². The molecule has 1 atom stereocenters. The molecule has 1 heterocycles. The third kappa shape index (κ3) is 2.73. The van der Waals surface area contributed by atoms with E-state index in [1.807, 2.05) is 12.1 Å². The van der Waals surface area contributed by atoms with Crippen molar-refractivity contribution in [3.63, 3.8) is 0 Å². The first-order valence-corrected chi connectivity index (χ1v) is 6.43. The summed E-state index contributed by atoms with van der Waals surface area (Å²) in [4.78, 5) is 2.33. The van der Waals surface area contributed by atoms with Crippen molar-refractivity contribution in [2.45, 2.75) is 19.4 Å². The third-order valence-corrected chi connectivity index (χ3v) is 3.44. The third-order valence-electron chi connectivity index (χ3n) is 3.14. The average molecular weight is 255 g/mol. The van der Waals surface area contributed by atoms with Gasteiger partial charge in [-0.3, -0.25) is 0 Å². The number of para-hydroxylation sites is 1. The standard InChI is InChI=1S/C13H19ClN2O/c1-10-9-17-8-7-16(10)13-11(5-6-15)3-2-4-12(13)14/h2-4,10H,5-9,15H2,1H3. The van der Waals surface area contributed by atoms with Gasteiger partial charge in [0.05, 0.1) is 23.9 Å². The number of ether oxygens (including phenoxy) is 1. The summed E-state index contributed by atoms with van der Waals surface area (Å²) in [7, 11) is 0. The van der Waals surface area contributed by atoms with Crippen molar-refractivity contribution in [1.29, 1.82) is 0 Å². The lowest BCUT2D eigenvalue weighted by atomic mass is 10.1. The van der Waals surface area contributed by atoms with Crippen molar-refractivity contribution >= 4 is 17.3 Å². The number of rotatable bonds is 3. The lowest BCUT2D eigenvalue weighted by Crippen LogP contribution is -2.44. The van der Waals surface area contributed by atoms with Gasteiger partial charge in [-0.05, 0) is 31.5 Å². The Morgan fingerprint density at radius 1 is 1.53 bits per heavy atom. The van der Waals surface area contributed by atoms with Crippen LogP contribution in [0.2, 0.25) is 5.02 Å². The summed E-state index contributed by atoms with van der Waals surface area (Å²) in [5.74, 6) is 0. The van der Waals surface area contributed by atoms with Gasteiger partial charge in [0.2, 0.25) is 0 Å². The van der Waals surface area contributed by atoms with E-state index in [0.29, 0.717) is 12.6 Å². The zero-order chi connectivity index (χ0) is 12.3. The predicted molar refractivity (Wildman–Crippen MR) is 71.8 cm³/mol. The van der Waals surface area contributed by atoms with Crippen LogP contribution in [-0.4, -0.2) is 32.3 Å². The first-order valence-electron chi connectivity index (χ1n) is 6.06. The van der Waals surface area contributed by atoms with Gasteiger partial charge in [0.1, 0.15) is 0 Å². The van der Waals surface area contributed by atoms with Crippen LogP contribution >= 0.6 is 11.6 Å². The molecule has 4 heteroatoms. The summed E-state index contributed by atoms with van der Waals surface area (Å²) in [5.41, 5.74) is 8.02. The van der Waals surface area contributed by atoms with Gasteiger partial charge >= 0.3 is 0 Å². The maximum absolute atomic E-state index is 6.34. The zero-order valence-electron chi connectivity index (χ0n) is 10.2. The van der Waals surface area contributed by atoms with Crippen LogP contribution < -0.4 is 10.6 Å². The van der Waals surface area contributed by atoms with Crippen LogP contribution in [0.3, 0.4) is 0 Å². The number of nitrogens with zero attached hydrogens (tertiary/aromatic N) is 1. The average Bonchev–Trinajstić information content (AvgIpc) is 2.31. The molecule has 1 aromatic rings. The van der Waals surface area contributed by atoms with E-state index in [2.05, 4.69) is 17.9 Å². The van der Waals surface area contributed by atoms with Crippen LogP contribution in [0.15, 0.2) is 18.2 Å². The first-order chi connectivity index (χ1) is 8.24. The molecular weight excluding hydrogens is 236 g/mol. The molecular formula is C13H19ClN2O. The van der Waals surface area contributed by atoms with E-state index in [9.17, 15) is 0 Å². The fourth-order valence-electron chi connectivity index (χ4n) is 2.30. The van der Waals surface area contributed by atoms with E-state index in [4.69, 9.17) is 22.1 Å². The Labute approximate surface area is 107 Å². The molecule has 0 bridgehead atoms. The van der Waals surface area contributed by atoms with Crippen LogP contribution in [0.5, 0.6) is 0 Å². The first kappa shape index (κ1) is 12.7. The van der Waals surface area contributed by atoms with Gasteiger partial charge in [0.15, 0.2) is 0 Å². The van der Waals surface area contributed by atoms with Gasteiger partial charge in [-0.2, -0.15) is 0 Å². The smallest absolute Gasteiger partial charge is 0.0668 e. The Morgan fingerprint density at radius 2 is 2.35 bits per heavy atom. The molecule has 94 valence electrons. The topological polar surface area (TPSA) is 38.5 Å². The fourth-order valence-corrected chi connectivity index (χ4v) is 2.60. The summed E-state index contributed by atoms with van der Waals surface area (Å²) in [5, 5.41) is 0.810. The lowest BCUT2D eigenvalue weighted by Gasteiger charge is -2.37. The molecule has 1 unspecified atom stereocenters. The molecule has 1 aromatic carbocycles. The highest BCUT2D eigenvalue weighted by Gasteiger charge is 2.23. The van der Waals surface area contributed by atoms with Crippen LogP contribution in [0.4, 0.5) is 5.69 Å². The number of hydrogen-bond donors (Lipinski definition) is 1. The van der Waals surface area contributed by atoms with Crippen molar-refractivity contribution in [3.8, 4) is 0 Å². The second kappa shape index (κ2) is 5.71. The van der Waals surface area contributed by atoms with Gasteiger partial charge in [-0.25, -0.2) is 0 Å². The Bertz CT molecular complexity index is 384. The molecule has 0 spiro atoms. The van der Waals surface area contributed by atoms with Crippen molar-refractivity contribution in [3.05, 3.63) is 28.8 Å². The Balaban J connectivity index is 2.34. The molecule has 17 heavy (non-hydrogen) atoms. The maximum Gasteiger partial charge on any atom is 0.0668 e. The molecule has 1 aliphatic rings. The molecule has 2 N–H and O–H groups in total. The normalized spacial score (nSPS) is 20.6. The van der Waals surface area contributed by atoms with Crippen molar-refractivity contribution in [1.82, 2.24) is 0 Å². The molecule has 1 fully saturated rings. The van der Waals surface area contributed by atoms with Gasteiger partial charge < -0.3 is 15.4 Å². The van der Waals surface area contributed by atoms with E-state index in [1.54, 1.807) is 0 Å². The van der Waals surface area contributed by atoms with Crippen LogP contribution in [0.1, 0.15) is 12.5 Å². The summed E-state index contributed by atoms with van der Waals surface area (Å²) >= 11 is 6.34. The molecule has 0 radical (unpaired) electrons. The molecule has 0 amide bonds. The Kier molecular flexibility index (Phi) is 4.26. The largest absolute Gasteiger partial charge is 0.377 e. The predicted octanol–water partition coefficient (Wildman–Crippen LogP) is 2.07. The van der Waals surface area contributed by atoms with E-state index in [0.717, 1.165) is 36.9 Å². The molecule has 1 saturated heterocycles. The number of halogens is 1. The molecule has 2 rings (SSSR count). The molecule has 3 nitrogen and oxygen atoms in total. The fraction of sp³-hybridized carbons (Fsp3) is 0.538. The van der Waals surface area contributed by atoms with E-state index in [-0.39, 0.29) is 0 Å². The highest BCUT2D eigenvalue weighted by atomic mass is 35.5. The molecule has 0 saturated carbocycles. The number of benzene rings is 1. The number of anilines is 1. The quantitative estimate of drug-likeness (QED) is 0.898. The molecule has 1 aliphatic heterocycles. The minimum Gasteiger partial charge on any atom is -0.377 e. The second-order valence-electron chi connectivity index (χ2n) is 4.40. The summed E-state index contributed by atoms with van der Waals surface area (Å²) in [6.07, 6.45) is 0.861. The molecule has 0 aliphatic carbocycles. The van der Waals surface area contributed by atoms with Crippen LogP contribution in [-0.2, 0) is 11.2 Å². The number of morpholine rings is 1. The van der Waals surface area contributed by atoms with Crippen molar-refractivity contribution in [2.75, 3.05) is 31.2 Å². The van der Waals surface area contributed by atoms with Gasteiger partial charge in [0.25, 0.3) is 0 Å². The number of nitrogens with two attached hydrogens (primary N) is 1. The van der Waals surface area contributed by atoms with E-state index >= 15 is 0 Å². The van der Waals surface area contributed by atoms with E-state index in [1.165, 1.54) is 5.56 Å². The van der Waals surface area contributed by atoms with Gasteiger partial charge in [-0.1, -0.05) is 23.7 Å². The van der Waals surface area contributed by atoms with Gasteiger partial charge in [-0.15, -0.1) is 0 Å². The minimum atomic E-state index is 0.361. The van der Waals surface area contributed by atoms with Crippen LogP contribution in [0, 0.1) is 0 Å².